The van der Waals surface area contributed by atoms with Crippen LogP contribution >= 0.6 is 0 Å². The summed E-state index contributed by atoms with van der Waals surface area (Å²) in [5, 5.41) is 11.8. The van der Waals surface area contributed by atoms with Gasteiger partial charge in [0.25, 0.3) is 11.6 Å². The normalized spacial score (nSPS) is 12.1. The fourth-order valence-corrected chi connectivity index (χ4v) is 2.53. The number of carbonyl (C=O) groups excluding carboxylic acids is 1. The third-order valence-electron chi connectivity index (χ3n) is 4.06. The van der Waals surface area contributed by atoms with Crippen molar-refractivity contribution in [3.05, 3.63) is 76.0 Å². The van der Waals surface area contributed by atoms with E-state index in [1.807, 2.05) is 37.3 Å². The molecule has 0 saturated carbocycles. The Morgan fingerprint density at radius 1 is 1.17 bits per heavy atom. The molecule has 1 atom stereocenters. The second kappa shape index (κ2) is 6.16. The zero-order valence-corrected chi connectivity index (χ0v) is 13.3. The topological polar surface area (TPSA) is 76.6 Å². The van der Waals surface area contributed by atoms with Gasteiger partial charge in [-0.2, -0.15) is 0 Å². The minimum Gasteiger partial charge on any atom is -0.459 e. The number of hydrogen-bond donors (Lipinski definition) is 0. The fourth-order valence-electron chi connectivity index (χ4n) is 2.53. The first kappa shape index (κ1) is 15.7. The Labute approximate surface area is 138 Å². The molecule has 3 aromatic rings. The Kier molecular flexibility index (Phi) is 4.04. The summed E-state index contributed by atoms with van der Waals surface area (Å²) in [7, 11) is 1.65. The van der Waals surface area contributed by atoms with E-state index in [-0.39, 0.29) is 23.2 Å². The molecule has 0 bridgehead atoms. The van der Waals surface area contributed by atoms with E-state index in [1.54, 1.807) is 13.1 Å². The molecular weight excluding hydrogens is 308 g/mol. The monoisotopic (exact) mass is 324 g/mol. The molecule has 122 valence electrons. The molecule has 0 saturated heterocycles. The Bertz CT molecular complexity index is 883. The van der Waals surface area contributed by atoms with E-state index in [2.05, 4.69) is 0 Å². The number of non-ortho nitro benzene ring substituents is 1. The van der Waals surface area contributed by atoms with E-state index in [0.717, 1.165) is 11.0 Å². The molecule has 0 aliphatic heterocycles. The van der Waals surface area contributed by atoms with Crippen molar-refractivity contribution in [2.75, 3.05) is 7.05 Å². The van der Waals surface area contributed by atoms with Gasteiger partial charge in [-0.25, -0.2) is 0 Å². The van der Waals surface area contributed by atoms with Gasteiger partial charge in [-0.05, 0) is 25.1 Å². The molecule has 0 spiro atoms. The molecule has 0 aliphatic carbocycles. The molecule has 0 aliphatic rings. The van der Waals surface area contributed by atoms with Crippen molar-refractivity contribution >= 4 is 22.6 Å². The first-order valence-corrected chi connectivity index (χ1v) is 7.47. The van der Waals surface area contributed by atoms with Crippen LogP contribution in [-0.4, -0.2) is 22.8 Å². The molecule has 3 rings (SSSR count). The van der Waals surface area contributed by atoms with Crippen molar-refractivity contribution in [1.82, 2.24) is 4.90 Å². The molecule has 1 aromatic heterocycles. The summed E-state index contributed by atoms with van der Waals surface area (Å²) >= 11 is 0. The van der Waals surface area contributed by atoms with Gasteiger partial charge in [0.1, 0.15) is 11.3 Å². The fraction of sp³-hybridized carbons (Fsp3) is 0.167. The van der Waals surface area contributed by atoms with Gasteiger partial charge >= 0.3 is 0 Å². The second-order valence-electron chi connectivity index (χ2n) is 5.59. The van der Waals surface area contributed by atoms with Crippen LogP contribution in [0.3, 0.4) is 0 Å². The zero-order valence-electron chi connectivity index (χ0n) is 13.3. The summed E-state index contributed by atoms with van der Waals surface area (Å²) in [6.45, 7) is 1.85. The number of benzene rings is 2. The molecule has 1 amide bonds. The van der Waals surface area contributed by atoms with Crippen LogP contribution in [0.4, 0.5) is 5.69 Å². The zero-order chi connectivity index (χ0) is 17.3. The molecular formula is C18H16N2O4. The predicted octanol–water partition coefficient (Wildman–Crippen LogP) is 4.17. The summed E-state index contributed by atoms with van der Waals surface area (Å²) in [5.41, 5.74) is 0.927. The largest absolute Gasteiger partial charge is 0.459 e. The quantitative estimate of drug-likeness (QED) is 0.533. The second-order valence-corrected chi connectivity index (χ2v) is 5.59. The van der Waals surface area contributed by atoms with Crippen molar-refractivity contribution in [2.24, 2.45) is 0 Å². The van der Waals surface area contributed by atoms with Crippen LogP contribution in [0.2, 0.25) is 0 Å². The maximum absolute atomic E-state index is 12.6. The summed E-state index contributed by atoms with van der Waals surface area (Å²) < 4.78 is 5.80. The third kappa shape index (κ3) is 2.86. The van der Waals surface area contributed by atoms with Crippen molar-refractivity contribution in [3.8, 4) is 0 Å². The Hall–Kier alpha value is -3.15. The average Bonchev–Trinajstić information content (AvgIpc) is 3.04. The van der Waals surface area contributed by atoms with Gasteiger partial charge in [0, 0.05) is 30.1 Å². The van der Waals surface area contributed by atoms with Crippen molar-refractivity contribution in [3.63, 3.8) is 0 Å². The molecule has 6 heteroatoms. The lowest BCUT2D eigenvalue weighted by atomic mass is 10.1. The summed E-state index contributed by atoms with van der Waals surface area (Å²) in [5.74, 6) is 0.365. The lowest BCUT2D eigenvalue weighted by Gasteiger charge is -2.23. The number of fused-ring (bicyclic) bond motifs is 1. The number of rotatable bonds is 4. The maximum atomic E-state index is 12.6. The molecule has 2 aromatic carbocycles. The number of amides is 1. The molecule has 1 unspecified atom stereocenters. The number of furan rings is 1. The molecule has 24 heavy (non-hydrogen) atoms. The van der Waals surface area contributed by atoms with Gasteiger partial charge in [-0.15, -0.1) is 0 Å². The molecule has 0 N–H and O–H groups in total. The van der Waals surface area contributed by atoms with Crippen LogP contribution in [-0.2, 0) is 0 Å². The van der Waals surface area contributed by atoms with Crippen LogP contribution in [0.15, 0.2) is 59.0 Å². The highest BCUT2D eigenvalue weighted by atomic mass is 16.6. The van der Waals surface area contributed by atoms with Gasteiger partial charge in [-0.1, -0.05) is 24.3 Å². The lowest BCUT2D eigenvalue weighted by Crippen LogP contribution is -2.29. The van der Waals surface area contributed by atoms with Gasteiger partial charge in [0.15, 0.2) is 0 Å². The van der Waals surface area contributed by atoms with E-state index >= 15 is 0 Å². The maximum Gasteiger partial charge on any atom is 0.270 e. The minimum absolute atomic E-state index is 0.106. The highest BCUT2D eigenvalue weighted by molar-refractivity contribution is 5.95. The van der Waals surface area contributed by atoms with Crippen LogP contribution in [0.5, 0.6) is 0 Å². The standard InChI is InChI=1S/C18H16N2O4/c1-12(17-11-13-6-3-4-9-16(13)24-17)19(2)18(21)14-7-5-8-15(10-14)20(22)23/h3-12H,1-2H3. The van der Waals surface area contributed by atoms with Crippen LogP contribution < -0.4 is 0 Å². The predicted molar refractivity (Wildman–Crippen MR) is 89.8 cm³/mol. The van der Waals surface area contributed by atoms with E-state index in [9.17, 15) is 14.9 Å². The van der Waals surface area contributed by atoms with Crippen molar-refractivity contribution in [2.45, 2.75) is 13.0 Å². The van der Waals surface area contributed by atoms with E-state index < -0.39 is 4.92 Å². The number of nitrogens with zero attached hydrogens (tertiary/aromatic N) is 2. The number of hydrogen-bond acceptors (Lipinski definition) is 4. The number of para-hydroxylation sites is 1. The van der Waals surface area contributed by atoms with Crippen LogP contribution in [0.1, 0.15) is 29.1 Å². The van der Waals surface area contributed by atoms with E-state index in [4.69, 9.17) is 4.42 Å². The molecule has 0 fully saturated rings. The Balaban J connectivity index is 1.87. The smallest absolute Gasteiger partial charge is 0.270 e. The van der Waals surface area contributed by atoms with Crippen LogP contribution in [0.25, 0.3) is 11.0 Å². The van der Waals surface area contributed by atoms with E-state index in [0.29, 0.717) is 5.76 Å². The highest BCUT2D eigenvalue weighted by Crippen LogP contribution is 2.27. The van der Waals surface area contributed by atoms with Crippen molar-refractivity contribution < 1.29 is 14.1 Å². The first-order valence-electron chi connectivity index (χ1n) is 7.47. The Morgan fingerprint density at radius 3 is 2.62 bits per heavy atom. The molecule has 1 heterocycles. The number of nitro benzene ring substituents is 1. The minimum atomic E-state index is -0.514. The van der Waals surface area contributed by atoms with Gasteiger partial charge < -0.3 is 9.32 Å². The first-order chi connectivity index (χ1) is 11.5. The van der Waals surface area contributed by atoms with E-state index in [1.165, 1.54) is 23.1 Å². The third-order valence-corrected chi connectivity index (χ3v) is 4.06. The average molecular weight is 324 g/mol. The summed E-state index contributed by atoms with van der Waals surface area (Å²) in [6.07, 6.45) is 0. The highest BCUT2D eigenvalue weighted by Gasteiger charge is 2.23. The van der Waals surface area contributed by atoms with Crippen molar-refractivity contribution in [1.29, 1.82) is 0 Å². The van der Waals surface area contributed by atoms with Gasteiger partial charge in [-0.3, -0.25) is 14.9 Å². The molecule has 0 radical (unpaired) electrons. The van der Waals surface area contributed by atoms with Gasteiger partial charge in [0.2, 0.25) is 0 Å². The molecule has 6 nitrogen and oxygen atoms in total. The summed E-state index contributed by atoms with van der Waals surface area (Å²) in [4.78, 5) is 24.5. The number of carbonyl (C=O) groups is 1. The lowest BCUT2D eigenvalue weighted by molar-refractivity contribution is -0.384. The number of nitro groups is 1. The van der Waals surface area contributed by atoms with Crippen LogP contribution in [0, 0.1) is 10.1 Å². The van der Waals surface area contributed by atoms with Gasteiger partial charge in [0.05, 0.1) is 11.0 Å². The summed E-state index contributed by atoms with van der Waals surface area (Å²) in [6, 6.07) is 14.9. The SMILES string of the molecule is CC(c1cc2ccccc2o1)N(C)C(=O)c1cccc([N+](=O)[O-])c1. The Morgan fingerprint density at radius 2 is 1.92 bits per heavy atom.